The Kier molecular flexibility index (Phi) is 9.07. The van der Waals surface area contributed by atoms with Gasteiger partial charge in [0.15, 0.2) is 0 Å². The second-order valence-electron chi connectivity index (χ2n) is 10.9. The Morgan fingerprint density at radius 1 is 1.22 bits per heavy atom. The molecule has 2 atom stereocenters. The van der Waals surface area contributed by atoms with Crippen molar-refractivity contribution in [1.82, 2.24) is 15.5 Å². The van der Waals surface area contributed by atoms with Gasteiger partial charge in [-0.25, -0.2) is 4.79 Å². The molecule has 2 amide bonds. The summed E-state index contributed by atoms with van der Waals surface area (Å²) >= 11 is 0. The first-order valence-corrected chi connectivity index (χ1v) is 12.8. The third-order valence-electron chi connectivity index (χ3n) is 7.25. The molecular formula is C27H40BN4O5. The van der Waals surface area contributed by atoms with Gasteiger partial charge in [0.2, 0.25) is 5.91 Å². The van der Waals surface area contributed by atoms with Gasteiger partial charge in [-0.05, 0) is 58.1 Å². The van der Waals surface area contributed by atoms with Crippen molar-refractivity contribution in [3.05, 3.63) is 35.9 Å². The van der Waals surface area contributed by atoms with Crippen molar-refractivity contribution in [1.29, 1.82) is 0 Å². The molecule has 201 valence electrons. The Morgan fingerprint density at radius 2 is 1.89 bits per heavy atom. The molecule has 9 nitrogen and oxygen atoms in total. The van der Waals surface area contributed by atoms with Gasteiger partial charge in [-0.3, -0.25) is 9.79 Å². The average Bonchev–Trinajstić information content (AvgIpc) is 3.35. The molecule has 1 aromatic rings. The first kappa shape index (κ1) is 28.7. The Bertz CT molecular complexity index is 1030. The monoisotopic (exact) mass is 511 g/mol. The zero-order valence-electron chi connectivity index (χ0n) is 23.0. The van der Waals surface area contributed by atoms with Gasteiger partial charge >= 0.3 is 13.6 Å². The molecule has 1 radical (unpaired) electrons. The molecule has 2 aliphatic heterocycles. The molecule has 1 aromatic carbocycles. The second-order valence-corrected chi connectivity index (χ2v) is 10.9. The summed E-state index contributed by atoms with van der Waals surface area (Å²) in [5.74, 6) is 0.546. The van der Waals surface area contributed by atoms with Crippen LogP contribution < -0.4 is 16.1 Å². The fourth-order valence-electron chi connectivity index (χ4n) is 4.14. The minimum atomic E-state index is -0.990. The van der Waals surface area contributed by atoms with Gasteiger partial charge in [0.1, 0.15) is 11.9 Å². The van der Waals surface area contributed by atoms with E-state index in [9.17, 15) is 14.7 Å². The Balaban J connectivity index is 1.66. The highest BCUT2D eigenvalue weighted by molar-refractivity contribution is 6.47. The predicted molar refractivity (Wildman–Crippen MR) is 146 cm³/mol. The first-order chi connectivity index (χ1) is 17.3. The molecule has 37 heavy (non-hydrogen) atoms. The molecule has 3 N–H and O–H groups in total. The summed E-state index contributed by atoms with van der Waals surface area (Å²) < 4.78 is 10.6. The van der Waals surface area contributed by atoms with Crippen LogP contribution in [-0.4, -0.2) is 78.8 Å². The van der Waals surface area contributed by atoms with Crippen molar-refractivity contribution in [3.8, 4) is 0 Å². The third-order valence-corrected chi connectivity index (χ3v) is 7.25. The molecule has 0 aromatic heterocycles. The van der Waals surface area contributed by atoms with Gasteiger partial charge < -0.3 is 30.0 Å². The van der Waals surface area contributed by atoms with Crippen LogP contribution in [0, 0.1) is 5.92 Å². The van der Waals surface area contributed by atoms with Crippen molar-refractivity contribution in [2.45, 2.75) is 77.7 Å². The van der Waals surface area contributed by atoms with E-state index >= 15 is 0 Å². The van der Waals surface area contributed by atoms with Crippen LogP contribution in [0.3, 0.4) is 0 Å². The lowest BCUT2D eigenvalue weighted by Gasteiger charge is -2.37. The van der Waals surface area contributed by atoms with Crippen LogP contribution in [0.25, 0.3) is 5.70 Å². The summed E-state index contributed by atoms with van der Waals surface area (Å²) in [6.45, 7) is 12.1. The number of carbonyl (C=O) groups is 2. The molecule has 3 rings (SSSR count). The molecule has 1 fully saturated rings. The van der Waals surface area contributed by atoms with E-state index < -0.39 is 23.3 Å². The normalized spacial score (nSPS) is 19.1. The van der Waals surface area contributed by atoms with Gasteiger partial charge in [0.25, 0.3) is 0 Å². The number of nitrogens with one attached hydrogen (secondary N) is 2. The van der Waals surface area contributed by atoms with Crippen molar-refractivity contribution >= 4 is 36.5 Å². The van der Waals surface area contributed by atoms with Crippen molar-refractivity contribution in [3.63, 3.8) is 0 Å². The SMILES string of the molecule is COC(=O)NC(C(=O)N1CCCC1C1=NCC=C(c2ccc([B]OC(C)(C)C(C)(C)O)cc2)N1)C(C)C. The van der Waals surface area contributed by atoms with Crippen molar-refractivity contribution < 1.29 is 24.1 Å². The van der Waals surface area contributed by atoms with Crippen LogP contribution in [0.2, 0.25) is 0 Å². The Labute approximate surface area is 221 Å². The zero-order valence-corrected chi connectivity index (χ0v) is 23.0. The highest BCUT2D eigenvalue weighted by atomic mass is 16.5. The van der Waals surface area contributed by atoms with E-state index in [-0.39, 0.29) is 17.9 Å². The lowest BCUT2D eigenvalue weighted by Crippen LogP contribution is -2.55. The highest BCUT2D eigenvalue weighted by Crippen LogP contribution is 2.25. The summed E-state index contributed by atoms with van der Waals surface area (Å²) in [6, 6.07) is 7.07. The lowest BCUT2D eigenvalue weighted by atomic mass is 9.82. The zero-order chi connectivity index (χ0) is 27.4. The summed E-state index contributed by atoms with van der Waals surface area (Å²) in [4.78, 5) is 31.7. The number of ether oxygens (including phenoxy) is 1. The number of alkyl carbamates (subject to hydrolysis) is 1. The van der Waals surface area contributed by atoms with E-state index in [1.165, 1.54) is 7.11 Å². The molecule has 2 unspecified atom stereocenters. The predicted octanol–water partition coefficient (Wildman–Crippen LogP) is 2.21. The van der Waals surface area contributed by atoms with E-state index in [1.807, 2.05) is 62.9 Å². The van der Waals surface area contributed by atoms with Gasteiger partial charge in [-0.2, -0.15) is 0 Å². The molecule has 0 saturated carbocycles. The van der Waals surface area contributed by atoms with Gasteiger partial charge in [0.05, 0.1) is 30.9 Å². The number of carbonyl (C=O) groups excluding carboxylic acids is 2. The Morgan fingerprint density at radius 3 is 2.49 bits per heavy atom. The maximum atomic E-state index is 13.4. The second kappa shape index (κ2) is 11.7. The number of methoxy groups -OCH3 is 1. The maximum Gasteiger partial charge on any atom is 0.407 e. The topological polar surface area (TPSA) is 112 Å². The summed E-state index contributed by atoms with van der Waals surface area (Å²) in [5.41, 5.74) is 1.08. The molecule has 10 heteroatoms. The number of nitrogens with zero attached hydrogens (tertiary/aromatic N) is 2. The minimum Gasteiger partial charge on any atom is -0.453 e. The summed E-state index contributed by atoms with van der Waals surface area (Å²) in [7, 11) is 2.95. The summed E-state index contributed by atoms with van der Waals surface area (Å²) in [6.07, 6.45) is 3.07. The number of aliphatic imine (C=N–C) groups is 1. The number of likely N-dealkylation sites (tertiary alicyclic amines) is 1. The molecule has 0 bridgehead atoms. The standard InChI is InChI=1S/C27H40BN4O5/c1-17(2)22(31-25(34)36-7)24(33)32-16-8-9-21(32)23-29-15-14-20(30-23)18-10-12-19(13-11-18)28-37-27(5,6)26(3,4)35/h10-14,17,21-22,35H,8-9,15-16H2,1-7H3,(H,29,30)(H,31,34). The van der Waals surface area contributed by atoms with Crippen molar-refractivity contribution in [2.75, 3.05) is 20.2 Å². The van der Waals surface area contributed by atoms with Gasteiger partial charge in [-0.1, -0.05) is 43.6 Å². The minimum absolute atomic E-state index is 0.0853. The van der Waals surface area contributed by atoms with Crippen LogP contribution in [-0.2, 0) is 14.2 Å². The number of hydrogen-bond acceptors (Lipinski definition) is 7. The fourth-order valence-corrected chi connectivity index (χ4v) is 4.14. The number of benzene rings is 1. The van der Waals surface area contributed by atoms with E-state index in [2.05, 4.69) is 15.6 Å². The van der Waals surface area contributed by atoms with E-state index in [0.717, 1.165) is 35.4 Å². The van der Waals surface area contributed by atoms with Crippen LogP contribution >= 0.6 is 0 Å². The molecule has 2 aliphatic rings. The van der Waals surface area contributed by atoms with Crippen LogP contribution in [0.1, 0.15) is 59.9 Å². The largest absolute Gasteiger partial charge is 0.453 e. The average molecular weight is 511 g/mol. The molecular weight excluding hydrogens is 471 g/mol. The van der Waals surface area contributed by atoms with Gasteiger partial charge in [-0.15, -0.1) is 0 Å². The number of hydrogen-bond donors (Lipinski definition) is 3. The molecule has 2 heterocycles. The van der Waals surface area contributed by atoms with E-state index in [0.29, 0.717) is 13.1 Å². The number of amides is 2. The third kappa shape index (κ3) is 6.93. The number of amidine groups is 1. The van der Waals surface area contributed by atoms with Crippen molar-refractivity contribution in [2.24, 2.45) is 10.9 Å². The molecule has 0 aliphatic carbocycles. The van der Waals surface area contributed by atoms with E-state index in [1.54, 1.807) is 21.3 Å². The molecule has 0 spiro atoms. The van der Waals surface area contributed by atoms with E-state index in [4.69, 9.17) is 9.39 Å². The fraction of sp³-hybridized carbons (Fsp3) is 0.593. The van der Waals surface area contributed by atoms with Crippen LogP contribution in [0.5, 0.6) is 0 Å². The highest BCUT2D eigenvalue weighted by Gasteiger charge is 2.38. The smallest absolute Gasteiger partial charge is 0.407 e. The molecule has 1 saturated heterocycles. The first-order valence-electron chi connectivity index (χ1n) is 12.8. The Hall–Kier alpha value is -2.85. The quantitative estimate of drug-likeness (QED) is 0.439. The number of rotatable bonds is 9. The number of aliphatic hydroxyl groups is 1. The lowest BCUT2D eigenvalue weighted by molar-refractivity contribution is -0.134. The van der Waals surface area contributed by atoms with Gasteiger partial charge in [0, 0.05) is 12.2 Å². The van der Waals surface area contributed by atoms with Crippen LogP contribution in [0.4, 0.5) is 4.79 Å². The maximum absolute atomic E-state index is 13.4. The summed E-state index contributed by atoms with van der Waals surface area (Å²) in [5, 5.41) is 16.4. The van der Waals surface area contributed by atoms with Crippen LogP contribution in [0.15, 0.2) is 35.3 Å².